The molecular weight excluding hydrogens is 248 g/mol. The van der Waals surface area contributed by atoms with E-state index in [1.807, 2.05) is 6.07 Å². The van der Waals surface area contributed by atoms with Crippen molar-refractivity contribution >= 4 is 27.1 Å². The second-order valence-electron chi connectivity index (χ2n) is 3.36. The van der Waals surface area contributed by atoms with Gasteiger partial charge < -0.3 is 5.32 Å². The fourth-order valence-corrected chi connectivity index (χ4v) is 1.82. The monoisotopic (exact) mass is 258 g/mol. The van der Waals surface area contributed by atoms with Crippen molar-refractivity contribution in [3.8, 4) is 6.07 Å². The van der Waals surface area contributed by atoms with E-state index in [0.717, 1.165) is 0 Å². The van der Waals surface area contributed by atoms with Crippen LogP contribution in [0.25, 0.3) is 0 Å². The molecule has 86 valence electrons. The van der Waals surface area contributed by atoms with Crippen LogP contribution in [0, 0.1) is 11.3 Å². The summed E-state index contributed by atoms with van der Waals surface area (Å²) < 4.78 is 21.8. The molecule has 4 nitrogen and oxygen atoms in total. The molecule has 1 N–H and O–H groups in total. The highest BCUT2D eigenvalue weighted by molar-refractivity contribution is 7.90. The summed E-state index contributed by atoms with van der Waals surface area (Å²) in [6, 6.07) is 6.77. The number of hydrogen-bond donors (Lipinski definition) is 1. The second-order valence-corrected chi connectivity index (χ2v) is 6.03. The lowest BCUT2D eigenvalue weighted by Crippen LogP contribution is -2.14. The van der Waals surface area contributed by atoms with E-state index < -0.39 is 9.84 Å². The van der Waals surface area contributed by atoms with Gasteiger partial charge in [-0.25, -0.2) is 8.42 Å². The van der Waals surface area contributed by atoms with Crippen LogP contribution in [0.1, 0.15) is 5.56 Å². The van der Waals surface area contributed by atoms with Gasteiger partial charge in [0.1, 0.15) is 9.84 Å². The van der Waals surface area contributed by atoms with Crippen LogP contribution in [-0.2, 0) is 9.84 Å². The quantitative estimate of drug-likeness (QED) is 0.892. The van der Waals surface area contributed by atoms with E-state index >= 15 is 0 Å². The molecule has 6 heteroatoms. The van der Waals surface area contributed by atoms with E-state index in [4.69, 9.17) is 16.9 Å². The first kappa shape index (κ1) is 12.8. The predicted molar refractivity (Wildman–Crippen MR) is 64.4 cm³/mol. The first-order valence-corrected chi connectivity index (χ1v) is 6.97. The summed E-state index contributed by atoms with van der Waals surface area (Å²) in [5, 5.41) is 11.9. The Hall–Kier alpha value is -1.25. The predicted octanol–water partition coefficient (Wildman–Crippen LogP) is 1.67. The summed E-state index contributed by atoms with van der Waals surface area (Å²) in [5.74, 6) is 0.0450. The van der Waals surface area contributed by atoms with Crippen LogP contribution < -0.4 is 5.32 Å². The third-order valence-electron chi connectivity index (χ3n) is 1.89. The molecule has 0 saturated heterocycles. The molecule has 1 aromatic carbocycles. The van der Waals surface area contributed by atoms with E-state index in [2.05, 4.69) is 5.32 Å². The van der Waals surface area contributed by atoms with E-state index in [1.54, 1.807) is 12.1 Å². The Morgan fingerprint density at radius 3 is 2.69 bits per heavy atom. The van der Waals surface area contributed by atoms with Crippen molar-refractivity contribution in [1.82, 2.24) is 0 Å². The van der Waals surface area contributed by atoms with Crippen LogP contribution in [0.3, 0.4) is 0 Å². The summed E-state index contributed by atoms with van der Waals surface area (Å²) in [6.45, 7) is 0.296. The van der Waals surface area contributed by atoms with Gasteiger partial charge in [0.2, 0.25) is 0 Å². The minimum absolute atomic E-state index is 0.0450. The number of benzene rings is 1. The Bertz CT molecular complexity index is 520. The third-order valence-corrected chi connectivity index (χ3v) is 3.14. The number of nitrogens with zero attached hydrogens (tertiary/aromatic N) is 1. The molecule has 0 spiro atoms. The van der Waals surface area contributed by atoms with Crippen LogP contribution in [0.2, 0.25) is 5.02 Å². The maximum atomic E-state index is 10.9. The Balaban J connectivity index is 2.66. The molecule has 1 aromatic rings. The molecule has 0 unspecified atom stereocenters. The number of nitriles is 1. The van der Waals surface area contributed by atoms with Gasteiger partial charge in [0.05, 0.1) is 28.1 Å². The first-order valence-electron chi connectivity index (χ1n) is 4.53. The summed E-state index contributed by atoms with van der Waals surface area (Å²) >= 11 is 5.90. The van der Waals surface area contributed by atoms with Gasteiger partial charge in [0, 0.05) is 12.8 Å². The van der Waals surface area contributed by atoms with Gasteiger partial charge in [0.15, 0.2) is 0 Å². The molecule has 0 bridgehead atoms. The Labute approximate surface area is 99.8 Å². The fraction of sp³-hybridized carbons (Fsp3) is 0.300. The zero-order chi connectivity index (χ0) is 12.2. The lowest BCUT2D eigenvalue weighted by Gasteiger charge is -2.07. The number of rotatable bonds is 4. The Morgan fingerprint density at radius 1 is 1.50 bits per heavy atom. The van der Waals surface area contributed by atoms with Crippen molar-refractivity contribution in [3.05, 3.63) is 28.8 Å². The van der Waals surface area contributed by atoms with Gasteiger partial charge in [-0.05, 0) is 18.2 Å². The maximum Gasteiger partial charge on any atom is 0.149 e. The third kappa shape index (κ3) is 4.09. The number of anilines is 1. The molecule has 16 heavy (non-hydrogen) atoms. The first-order chi connectivity index (χ1) is 7.42. The molecule has 0 aromatic heterocycles. The van der Waals surface area contributed by atoms with Crippen molar-refractivity contribution in [3.63, 3.8) is 0 Å². The molecule has 0 aliphatic rings. The molecule has 0 radical (unpaired) electrons. The van der Waals surface area contributed by atoms with Gasteiger partial charge in [0.25, 0.3) is 0 Å². The fourth-order valence-electron chi connectivity index (χ4n) is 1.10. The molecule has 0 fully saturated rings. The van der Waals surface area contributed by atoms with Crippen LogP contribution in [0.5, 0.6) is 0 Å². The maximum absolute atomic E-state index is 10.9. The highest BCUT2D eigenvalue weighted by Crippen LogP contribution is 2.22. The minimum Gasteiger partial charge on any atom is -0.383 e. The average molecular weight is 259 g/mol. The number of hydrogen-bond acceptors (Lipinski definition) is 4. The van der Waals surface area contributed by atoms with E-state index in [-0.39, 0.29) is 5.75 Å². The van der Waals surface area contributed by atoms with Gasteiger partial charge in [-0.3, -0.25) is 0 Å². The summed E-state index contributed by atoms with van der Waals surface area (Å²) in [7, 11) is -2.98. The summed E-state index contributed by atoms with van der Waals surface area (Å²) in [5.41, 5.74) is 1.10. The summed E-state index contributed by atoms with van der Waals surface area (Å²) in [4.78, 5) is 0. The number of sulfone groups is 1. The van der Waals surface area contributed by atoms with Gasteiger partial charge in [-0.1, -0.05) is 11.6 Å². The average Bonchev–Trinajstić information content (AvgIpc) is 2.18. The van der Waals surface area contributed by atoms with Gasteiger partial charge >= 0.3 is 0 Å². The molecule has 0 atom stereocenters. The van der Waals surface area contributed by atoms with Crippen LogP contribution >= 0.6 is 11.6 Å². The molecule has 0 aliphatic carbocycles. The lowest BCUT2D eigenvalue weighted by molar-refractivity contribution is 0.602. The highest BCUT2D eigenvalue weighted by atomic mass is 35.5. The summed E-state index contributed by atoms with van der Waals surface area (Å²) in [6.07, 6.45) is 1.18. The number of halogens is 1. The molecule has 0 aliphatic heterocycles. The Kier molecular flexibility index (Phi) is 4.16. The SMILES string of the molecule is CS(=O)(=O)CCNc1ccc(C#N)cc1Cl. The van der Waals surface area contributed by atoms with Crippen LogP contribution in [0.15, 0.2) is 18.2 Å². The van der Waals surface area contributed by atoms with Crippen molar-refractivity contribution in [2.45, 2.75) is 0 Å². The topological polar surface area (TPSA) is 70.0 Å². The highest BCUT2D eigenvalue weighted by Gasteiger charge is 2.04. The van der Waals surface area contributed by atoms with Crippen molar-refractivity contribution in [2.75, 3.05) is 23.9 Å². The zero-order valence-corrected chi connectivity index (χ0v) is 10.3. The molecule has 0 heterocycles. The van der Waals surface area contributed by atoms with Crippen molar-refractivity contribution in [1.29, 1.82) is 5.26 Å². The largest absolute Gasteiger partial charge is 0.383 e. The molecule has 1 rings (SSSR count). The van der Waals surface area contributed by atoms with Crippen molar-refractivity contribution < 1.29 is 8.42 Å². The standard InChI is InChI=1S/C10H11ClN2O2S/c1-16(14,15)5-4-13-10-3-2-8(7-12)6-9(10)11/h2-3,6,13H,4-5H2,1H3. The zero-order valence-electron chi connectivity index (χ0n) is 8.70. The number of nitrogens with one attached hydrogen (secondary N) is 1. The lowest BCUT2D eigenvalue weighted by atomic mass is 10.2. The second kappa shape index (κ2) is 5.19. The Morgan fingerprint density at radius 2 is 2.19 bits per heavy atom. The normalized spacial score (nSPS) is 10.8. The van der Waals surface area contributed by atoms with E-state index in [0.29, 0.717) is 22.8 Å². The van der Waals surface area contributed by atoms with Gasteiger partial charge in [-0.2, -0.15) is 5.26 Å². The van der Waals surface area contributed by atoms with Crippen LogP contribution in [-0.4, -0.2) is 27.0 Å². The van der Waals surface area contributed by atoms with E-state index in [1.165, 1.54) is 12.3 Å². The molecular formula is C10H11ClN2O2S. The van der Waals surface area contributed by atoms with Gasteiger partial charge in [-0.15, -0.1) is 0 Å². The minimum atomic E-state index is -2.98. The molecule has 0 saturated carbocycles. The molecule has 0 amide bonds. The van der Waals surface area contributed by atoms with Crippen molar-refractivity contribution in [2.24, 2.45) is 0 Å². The smallest absolute Gasteiger partial charge is 0.149 e. The van der Waals surface area contributed by atoms with Crippen LogP contribution in [0.4, 0.5) is 5.69 Å². The van der Waals surface area contributed by atoms with E-state index in [9.17, 15) is 8.42 Å².